The first-order valence-electron chi connectivity index (χ1n) is 6.21. The smallest absolute Gasteiger partial charge is 0.160 e. The maximum absolute atomic E-state index is 9.21. The molecule has 1 aliphatic carbocycles. The number of hydrogen-bond acceptors (Lipinski definition) is 4. The van der Waals surface area contributed by atoms with Gasteiger partial charge < -0.3 is 9.84 Å². The Bertz CT molecular complexity index is 387. The predicted molar refractivity (Wildman–Crippen MR) is 64.5 cm³/mol. The molecule has 4 heteroatoms. The molecule has 2 rings (SSSR count). The van der Waals surface area contributed by atoms with Crippen LogP contribution in [0.5, 0.6) is 0 Å². The molecule has 1 fully saturated rings. The lowest BCUT2D eigenvalue weighted by Gasteiger charge is -2.34. The van der Waals surface area contributed by atoms with Gasteiger partial charge in [0.05, 0.1) is 12.3 Å². The van der Waals surface area contributed by atoms with Crippen LogP contribution < -0.4 is 0 Å². The van der Waals surface area contributed by atoms with Crippen molar-refractivity contribution in [3.63, 3.8) is 0 Å². The van der Waals surface area contributed by atoms with Crippen LogP contribution in [0.15, 0.2) is 6.07 Å². The molecule has 1 N–H and O–H groups in total. The summed E-state index contributed by atoms with van der Waals surface area (Å²) in [7, 11) is 1.73. The highest BCUT2D eigenvalue weighted by Gasteiger charge is 2.36. The van der Waals surface area contributed by atoms with Crippen LogP contribution in [0.25, 0.3) is 0 Å². The first kappa shape index (κ1) is 12.5. The Kier molecular flexibility index (Phi) is 3.74. The SMILES string of the molecule is COC1(c2nc(C)cc(CO)n2)CCCCC1. The average Bonchev–Trinajstić information content (AvgIpc) is 2.38. The molecular formula is C13H20N2O2. The fourth-order valence-electron chi connectivity index (χ4n) is 2.56. The number of hydrogen-bond donors (Lipinski definition) is 1. The molecule has 1 aromatic heterocycles. The minimum absolute atomic E-state index is 0.0455. The molecule has 1 saturated carbocycles. The second kappa shape index (κ2) is 5.10. The van der Waals surface area contributed by atoms with E-state index in [1.807, 2.05) is 13.0 Å². The highest BCUT2D eigenvalue weighted by Crippen LogP contribution is 2.38. The largest absolute Gasteiger partial charge is 0.390 e. The normalized spacial score (nSPS) is 19.2. The van der Waals surface area contributed by atoms with Crippen molar-refractivity contribution in [1.82, 2.24) is 9.97 Å². The van der Waals surface area contributed by atoms with E-state index < -0.39 is 0 Å². The van der Waals surface area contributed by atoms with E-state index in [0.29, 0.717) is 5.69 Å². The lowest BCUT2D eigenvalue weighted by Crippen LogP contribution is -2.33. The van der Waals surface area contributed by atoms with Crippen LogP contribution in [-0.4, -0.2) is 22.2 Å². The Labute approximate surface area is 102 Å². The van der Waals surface area contributed by atoms with Crippen molar-refractivity contribution in [2.75, 3.05) is 7.11 Å². The van der Waals surface area contributed by atoms with Crippen LogP contribution >= 0.6 is 0 Å². The number of aryl methyl sites for hydroxylation is 1. The predicted octanol–water partition coefficient (Wildman–Crippen LogP) is 2.08. The van der Waals surface area contributed by atoms with Crippen LogP contribution in [0.1, 0.15) is 49.3 Å². The zero-order valence-electron chi connectivity index (χ0n) is 10.6. The van der Waals surface area contributed by atoms with Gasteiger partial charge in [-0.3, -0.25) is 0 Å². The number of aliphatic hydroxyl groups is 1. The molecule has 0 aromatic carbocycles. The number of aliphatic hydroxyl groups excluding tert-OH is 1. The molecule has 0 unspecified atom stereocenters. The molecule has 4 nitrogen and oxygen atoms in total. The highest BCUT2D eigenvalue weighted by molar-refractivity contribution is 5.14. The summed E-state index contributed by atoms with van der Waals surface area (Å²) < 4.78 is 5.71. The minimum Gasteiger partial charge on any atom is -0.390 e. The van der Waals surface area contributed by atoms with Gasteiger partial charge in [0.1, 0.15) is 5.60 Å². The van der Waals surface area contributed by atoms with Crippen molar-refractivity contribution in [3.05, 3.63) is 23.3 Å². The van der Waals surface area contributed by atoms with Gasteiger partial charge in [0.15, 0.2) is 5.82 Å². The standard InChI is InChI=1S/C13H20N2O2/c1-10-8-11(9-16)15-12(14-10)13(17-2)6-4-3-5-7-13/h8,16H,3-7,9H2,1-2H3. The molecule has 1 heterocycles. The van der Waals surface area contributed by atoms with E-state index in [1.165, 1.54) is 6.42 Å². The lowest BCUT2D eigenvalue weighted by molar-refractivity contribution is -0.0518. The molecule has 0 aliphatic heterocycles. The van der Waals surface area contributed by atoms with Crippen molar-refractivity contribution < 1.29 is 9.84 Å². The molecule has 0 atom stereocenters. The number of methoxy groups -OCH3 is 1. The van der Waals surface area contributed by atoms with Gasteiger partial charge in [0.25, 0.3) is 0 Å². The third-order valence-electron chi connectivity index (χ3n) is 3.53. The van der Waals surface area contributed by atoms with Crippen molar-refractivity contribution in [1.29, 1.82) is 0 Å². The molecule has 0 spiro atoms. The van der Waals surface area contributed by atoms with E-state index in [2.05, 4.69) is 9.97 Å². The van der Waals surface area contributed by atoms with E-state index in [-0.39, 0.29) is 12.2 Å². The van der Waals surface area contributed by atoms with Crippen LogP contribution in [0.3, 0.4) is 0 Å². The van der Waals surface area contributed by atoms with E-state index in [1.54, 1.807) is 7.11 Å². The van der Waals surface area contributed by atoms with Gasteiger partial charge in [0, 0.05) is 12.8 Å². The quantitative estimate of drug-likeness (QED) is 0.873. The lowest BCUT2D eigenvalue weighted by atomic mass is 9.84. The molecule has 0 saturated heterocycles. The fraction of sp³-hybridized carbons (Fsp3) is 0.692. The van der Waals surface area contributed by atoms with Crippen LogP contribution in [0.2, 0.25) is 0 Å². The summed E-state index contributed by atoms with van der Waals surface area (Å²) in [5.74, 6) is 0.740. The summed E-state index contributed by atoms with van der Waals surface area (Å²) in [6, 6.07) is 1.82. The van der Waals surface area contributed by atoms with Crippen molar-refractivity contribution in [2.45, 2.75) is 51.2 Å². The second-order valence-electron chi connectivity index (χ2n) is 4.74. The monoisotopic (exact) mass is 236 g/mol. The molecule has 1 aliphatic rings. The number of aromatic nitrogens is 2. The molecule has 0 bridgehead atoms. The first-order chi connectivity index (χ1) is 8.20. The number of nitrogens with zero attached hydrogens (tertiary/aromatic N) is 2. The summed E-state index contributed by atoms with van der Waals surface area (Å²) in [6.45, 7) is 1.88. The van der Waals surface area contributed by atoms with Crippen molar-refractivity contribution >= 4 is 0 Å². The Balaban J connectivity index is 2.38. The van der Waals surface area contributed by atoms with E-state index in [4.69, 9.17) is 4.74 Å². The zero-order chi connectivity index (χ0) is 12.3. The molecule has 1 aromatic rings. The van der Waals surface area contributed by atoms with Crippen LogP contribution in [0, 0.1) is 6.92 Å². The first-order valence-corrected chi connectivity index (χ1v) is 6.21. The topological polar surface area (TPSA) is 55.2 Å². The Morgan fingerprint density at radius 3 is 2.59 bits per heavy atom. The Morgan fingerprint density at radius 1 is 1.29 bits per heavy atom. The van der Waals surface area contributed by atoms with Crippen LogP contribution in [0.4, 0.5) is 0 Å². The summed E-state index contributed by atoms with van der Waals surface area (Å²) in [5, 5.41) is 9.21. The van der Waals surface area contributed by atoms with Gasteiger partial charge in [-0.15, -0.1) is 0 Å². The molecule has 17 heavy (non-hydrogen) atoms. The Morgan fingerprint density at radius 2 is 2.00 bits per heavy atom. The maximum Gasteiger partial charge on any atom is 0.160 e. The van der Waals surface area contributed by atoms with E-state index in [0.717, 1.165) is 37.2 Å². The zero-order valence-corrected chi connectivity index (χ0v) is 10.6. The highest BCUT2D eigenvalue weighted by atomic mass is 16.5. The molecule has 0 radical (unpaired) electrons. The third-order valence-corrected chi connectivity index (χ3v) is 3.53. The number of rotatable bonds is 3. The third kappa shape index (κ3) is 2.48. The summed E-state index contributed by atoms with van der Waals surface area (Å²) in [4.78, 5) is 8.93. The summed E-state index contributed by atoms with van der Waals surface area (Å²) >= 11 is 0. The van der Waals surface area contributed by atoms with Gasteiger partial charge in [0.2, 0.25) is 0 Å². The fourth-order valence-corrected chi connectivity index (χ4v) is 2.56. The Hall–Kier alpha value is -1.00. The molecule has 0 amide bonds. The van der Waals surface area contributed by atoms with Crippen LogP contribution in [-0.2, 0) is 16.9 Å². The second-order valence-corrected chi connectivity index (χ2v) is 4.74. The summed E-state index contributed by atoms with van der Waals surface area (Å²) in [5.41, 5.74) is 1.23. The minimum atomic E-state index is -0.339. The van der Waals surface area contributed by atoms with Crippen molar-refractivity contribution in [2.24, 2.45) is 0 Å². The van der Waals surface area contributed by atoms with Gasteiger partial charge in [-0.2, -0.15) is 0 Å². The van der Waals surface area contributed by atoms with Gasteiger partial charge >= 0.3 is 0 Å². The van der Waals surface area contributed by atoms with E-state index >= 15 is 0 Å². The van der Waals surface area contributed by atoms with Crippen molar-refractivity contribution in [3.8, 4) is 0 Å². The number of ether oxygens (including phenoxy) is 1. The average molecular weight is 236 g/mol. The molecular weight excluding hydrogens is 216 g/mol. The van der Waals surface area contributed by atoms with E-state index in [9.17, 15) is 5.11 Å². The van der Waals surface area contributed by atoms with Gasteiger partial charge in [-0.1, -0.05) is 19.3 Å². The van der Waals surface area contributed by atoms with Gasteiger partial charge in [-0.25, -0.2) is 9.97 Å². The van der Waals surface area contributed by atoms with Gasteiger partial charge in [-0.05, 0) is 25.8 Å². The molecule has 94 valence electrons. The maximum atomic E-state index is 9.21. The summed E-state index contributed by atoms with van der Waals surface area (Å²) in [6.07, 6.45) is 5.50.